The van der Waals surface area contributed by atoms with E-state index >= 15 is 0 Å². The van der Waals surface area contributed by atoms with Crippen LogP contribution in [0.4, 0.5) is 17.1 Å². The fourth-order valence-corrected chi connectivity index (χ4v) is 7.79. The largest absolute Gasteiger partial charge is 0.309 e. The highest BCUT2D eigenvalue weighted by Crippen LogP contribution is 2.48. The third-order valence-corrected chi connectivity index (χ3v) is 10.7. The molecular weight excluding hydrogens is 591 g/mol. The summed E-state index contributed by atoms with van der Waals surface area (Å²) in [5.74, 6) is 0. The minimum atomic E-state index is 0.165. The Morgan fingerprint density at radius 3 is 1.51 bits per heavy atom. The van der Waals surface area contributed by atoms with Crippen molar-refractivity contribution in [2.75, 3.05) is 4.90 Å². The standard InChI is InChI=1S/C48H43N/c1-47(2)28-29-48(3,4)44-33-39-31-38(27-26-36(39)32-43(44)47)42-23-12-14-25-46(42)49(40-20-9-6-10-21-40)45-24-13-11-22-41(45)37-19-15-18-35(30-37)34-16-7-5-8-17-34/h5-27,30-33H,28-29H2,1-4H3. The van der Waals surface area contributed by atoms with Gasteiger partial charge in [0.2, 0.25) is 0 Å². The molecule has 0 saturated carbocycles. The summed E-state index contributed by atoms with van der Waals surface area (Å²) in [7, 11) is 0. The van der Waals surface area contributed by atoms with E-state index in [0.29, 0.717) is 0 Å². The molecule has 0 aromatic heterocycles. The Labute approximate surface area is 291 Å². The molecule has 0 aliphatic heterocycles. The van der Waals surface area contributed by atoms with E-state index in [0.717, 1.165) is 17.1 Å². The van der Waals surface area contributed by atoms with E-state index in [1.54, 1.807) is 0 Å². The molecular formula is C48H43N. The maximum Gasteiger partial charge on any atom is 0.0540 e. The number of anilines is 3. The lowest BCUT2D eigenvalue weighted by Gasteiger charge is -2.42. The van der Waals surface area contributed by atoms with Crippen LogP contribution >= 0.6 is 0 Å². The van der Waals surface area contributed by atoms with E-state index in [4.69, 9.17) is 0 Å². The number of hydrogen-bond acceptors (Lipinski definition) is 1. The Hall–Kier alpha value is -5.40. The smallest absolute Gasteiger partial charge is 0.0540 e. The summed E-state index contributed by atoms with van der Waals surface area (Å²) in [4.78, 5) is 2.43. The van der Waals surface area contributed by atoms with E-state index in [1.807, 2.05) is 0 Å². The number of fused-ring (bicyclic) bond motifs is 2. The van der Waals surface area contributed by atoms with Gasteiger partial charge in [0, 0.05) is 16.8 Å². The molecule has 1 nitrogen and oxygen atoms in total. The van der Waals surface area contributed by atoms with Crippen LogP contribution in [0.15, 0.2) is 164 Å². The lowest BCUT2D eigenvalue weighted by Crippen LogP contribution is -2.33. The summed E-state index contributed by atoms with van der Waals surface area (Å²) in [6.45, 7) is 9.64. The maximum absolute atomic E-state index is 2.49. The Morgan fingerprint density at radius 2 is 0.878 bits per heavy atom. The third-order valence-electron chi connectivity index (χ3n) is 10.7. The second-order valence-electron chi connectivity index (χ2n) is 14.9. The zero-order valence-electron chi connectivity index (χ0n) is 28.9. The van der Waals surface area contributed by atoms with E-state index < -0.39 is 0 Å². The molecule has 0 spiro atoms. The molecule has 0 bridgehead atoms. The molecule has 0 unspecified atom stereocenters. The third kappa shape index (κ3) is 5.74. The van der Waals surface area contributed by atoms with Crippen molar-refractivity contribution in [1.82, 2.24) is 0 Å². The van der Waals surface area contributed by atoms with Crippen molar-refractivity contribution in [2.45, 2.75) is 51.4 Å². The van der Waals surface area contributed by atoms with Gasteiger partial charge in [0.15, 0.2) is 0 Å². The first-order valence-corrected chi connectivity index (χ1v) is 17.6. The Balaban J connectivity index is 1.29. The molecule has 0 atom stereocenters. The molecule has 7 aromatic carbocycles. The highest BCUT2D eigenvalue weighted by molar-refractivity contribution is 5.96. The molecule has 1 aliphatic carbocycles. The van der Waals surface area contributed by atoms with Crippen LogP contribution in [0.1, 0.15) is 51.7 Å². The summed E-state index contributed by atoms with van der Waals surface area (Å²) >= 11 is 0. The van der Waals surface area contributed by atoms with Gasteiger partial charge in [-0.15, -0.1) is 0 Å². The summed E-state index contributed by atoms with van der Waals surface area (Å²) in [5, 5.41) is 2.62. The van der Waals surface area contributed by atoms with Crippen LogP contribution in [0.25, 0.3) is 44.2 Å². The molecule has 0 fully saturated rings. The zero-order valence-corrected chi connectivity index (χ0v) is 28.9. The van der Waals surface area contributed by atoms with Crippen molar-refractivity contribution in [3.63, 3.8) is 0 Å². The second kappa shape index (κ2) is 12.2. The number of nitrogens with zero attached hydrogens (tertiary/aromatic N) is 1. The first kappa shape index (κ1) is 30.9. The monoisotopic (exact) mass is 633 g/mol. The van der Waals surface area contributed by atoms with Crippen molar-refractivity contribution in [1.29, 1.82) is 0 Å². The number of benzene rings is 7. The van der Waals surface area contributed by atoms with Crippen molar-refractivity contribution in [2.24, 2.45) is 0 Å². The van der Waals surface area contributed by atoms with Crippen LogP contribution in [-0.2, 0) is 10.8 Å². The minimum absolute atomic E-state index is 0.165. The number of para-hydroxylation sites is 3. The van der Waals surface area contributed by atoms with Crippen molar-refractivity contribution in [3.05, 3.63) is 175 Å². The molecule has 7 aromatic rings. The molecule has 49 heavy (non-hydrogen) atoms. The molecule has 0 heterocycles. The Bertz CT molecular complexity index is 2280. The molecule has 0 saturated heterocycles. The van der Waals surface area contributed by atoms with Gasteiger partial charge in [-0.2, -0.15) is 0 Å². The van der Waals surface area contributed by atoms with E-state index in [-0.39, 0.29) is 10.8 Å². The van der Waals surface area contributed by atoms with E-state index in [2.05, 4.69) is 196 Å². The van der Waals surface area contributed by atoms with Crippen LogP contribution in [-0.4, -0.2) is 0 Å². The van der Waals surface area contributed by atoms with Gasteiger partial charge >= 0.3 is 0 Å². The number of rotatable bonds is 6. The van der Waals surface area contributed by atoms with Crippen LogP contribution < -0.4 is 4.90 Å². The lowest BCUT2D eigenvalue weighted by molar-refractivity contribution is 0.332. The van der Waals surface area contributed by atoms with E-state index in [1.165, 1.54) is 68.1 Å². The van der Waals surface area contributed by atoms with Gasteiger partial charge in [-0.25, -0.2) is 0 Å². The molecule has 0 radical (unpaired) electrons. The predicted octanol–water partition coefficient (Wildman–Crippen LogP) is 13.7. The van der Waals surface area contributed by atoms with Gasteiger partial charge in [0.25, 0.3) is 0 Å². The predicted molar refractivity (Wildman–Crippen MR) is 210 cm³/mol. The van der Waals surface area contributed by atoms with Gasteiger partial charge in [-0.05, 0) is 104 Å². The van der Waals surface area contributed by atoms with Crippen LogP contribution in [0.2, 0.25) is 0 Å². The second-order valence-corrected chi connectivity index (χ2v) is 14.9. The summed E-state index contributed by atoms with van der Waals surface area (Å²) in [6.07, 6.45) is 2.43. The summed E-state index contributed by atoms with van der Waals surface area (Å²) < 4.78 is 0. The highest BCUT2D eigenvalue weighted by Gasteiger charge is 2.37. The average Bonchev–Trinajstić information content (AvgIpc) is 3.14. The van der Waals surface area contributed by atoms with Crippen LogP contribution in [0.3, 0.4) is 0 Å². The lowest BCUT2D eigenvalue weighted by atomic mass is 9.63. The molecule has 0 amide bonds. The summed E-state index contributed by atoms with van der Waals surface area (Å²) in [5.41, 5.74) is 14.0. The van der Waals surface area contributed by atoms with E-state index in [9.17, 15) is 0 Å². The van der Waals surface area contributed by atoms with Crippen molar-refractivity contribution in [3.8, 4) is 33.4 Å². The Morgan fingerprint density at radius 1 is 0.388 bits per heavy atom. The van der Waals surface area contributed by atoms with Gasteiger partial charge in [-0.3, -0.25) is 0 Å². The molecule has 1 aliphatic rings. The van der Waals surface area contributed by atoms with Crippen molar-refractivity contribution < 1.29 is 0 Å². The molecule has 8 rings (SSSR count). The van der Waals surface area contributed by atoms with Gasteiger partial charge in [0.05, 0.1) is 11.4 Å². The number of hydrogen-bond donors (Lipinski definition) is 0. The topological polar surface area (TPSA) is 3.24 Å². The summed E-state index contributed by atoms with van der Waals surface area (Å²) in [6, 6.07) is 60.0. The van der Waals surface area contributed by atoms with Gasteiger partial charge in [-0.1, -0.05) is 155 Å². The normalized spacial score (nSPS) is 14.7. The highest BCUT2D eigenvalue weighted by atomic mass is 15.1. The SMILES string of the molecule is CC1(C)CCC(C)(C)c2cc3cc(-c4ccccc4N(c4ccccc4)c4ccccc4-c4cccc(-c5ccccc5)c4)ccc3cc21. The zero-order chi connectivity index (χ0) is 33.6. The first-order chi connectivity index (χ1) is 23.8. The molecule has 0 N–H and O–H groups in total. The fraction of sp³-hybridized carbons (Fsp3) is 0.167. The maximum atomic E-state index is 2.49. The fourth-order valence-electron chi connectivity index (χ4n) is 7.79. The van der Waals surface area contributed by atoms with Crippen LogP contribution in [0.5, 0.6) is 0 Å². The quantitative estimate of drug-likeness (QED) is 0.176. The molecule has 1 heteroatoms. The first-order valence-electron chi connectivity index (χ1n) is 17.6. The molecule has 240 valence electrons. The minimum Gasteiger partial charge on any atom is -0.309 e. The van der Waals surface area contributed by atoms with Crippen molar-refractivity contribution >= 4 is 27.8 Å². The van der Waals surface area contributed by atoms with Gasteiger partial charge in [0.1, 0.15) is 0 Å². The Kier molecular flexibility index (Phi) is 7.72. The van der Waals surface area contributed by atoms with Crippen LogP contribution in [0, 0.1) is 0 Å². The van der Waals surface area contributed by atoms with Gasteiger partial charge < -0.3 is 4.90 Å². The average molecular weight is 634 g/mol.